The Morgan fingerprint density at radius 3 is 2.42 bits per heavy atom. The predicted molar refractivity (Wildman–Crippen MR) is 74.4 cm³/mol. The largest absolute Gasteiger partial charge is 0.479 e. The third-order valence-corrected chi connectivity index (χ3v) is 3.74. The summed E-state index contributed by atoms with van der Waals surface area (Å²) in [6, 6.07) is 11.3. The summed E-state index contributed by atoms with van der Waals surface area (Å²) in [5.41, 5.74) is 0.577. The summed E-state index contributed by atoms with van der Waals surface area (Å²) < 4.78 is 0. The average molecular weight is 275 g/mol. The van der Waals surface area contributed by atoms with E-state index in [1.807, 2.05) is 19.1 Å². The number of aryl methyl sites for hydroxylation is 1. The first-order valence-corrected chi connectivity index (χ1v) is 6.53. The van der Waals surface area contributed by atoms with Gasteiger partial charge < -0.3 is 5.11 Å². The van der Waals surface area contributed by atoms with Crippen LogP contribution in [0, 0.1) is 6.92 Å². The topological polar surface area (TPSA) is 57.6 Å². The van der Waals surface area contributed by atoms with Crippen LogP contribution in [0.2, 0.25) is 0 Å². The molecule has 1 N–H and O–H groups in total. The van der Waals surface area contributed by atoms with Gasteiger partial charge in [0.15, 0.2) is 6.04 Å². The number of anilines is 1. The fraction of sp³-hybridized carbons (Fsp3) is 0.143. The number of rotatable bonds is 5. The van der Waals surface area contributed by atoms with Crippen LogP contribution in [0.3, 0.4) is 0 Å². The standard InChI is InChI=1S/C14H13NO3S/c1-10-7-8-12(19-10)15(9-16)13(14(17)18)11-5-3-2-4-6-11/h2-9,13H,1H3,(H,17,18). The van der Waals surface area contributed by atoms with Crippen LogP contribution in [-0.4, -0.2) is 17.5 Å². The highest BCUT2D eigenvalue weighted by molar-refractivity contribution is 7.16. The van der Waals surface area contributed by atoms with E-state index >= 15 is 0 Å². The number of hydrogen-bond donors (Lipinski definition) is 1. The first-order chi connectivity index (χ1) is 9.13. The molecule has 0 saturated heterocycles. The van der Waals surface area contributed by atoms with Crippen LogP contribution < -0.4 is 4.90 Å². The Morgan fingerprint density at radius 1 is 1.26 bits per heavy atom. The van der Waals surface area contributed by atoms with E-state index in [9.17, 15) is 14.7 Å². The van der Waals surface area contributed by atoms with E-state index in [-0.39, 0.29) is 0 Å². The maximum atomic E-state index is 11.5. The predicted octanol–water partition coefficient (Wildman–Crippen LogP) is 2.85. The van der Waals surface area contributed by atoms with Crippen molar-refractivity contribution in [2.24, 2.45) is 0 Å². The summed E-state index contributed by atoms with van der Waals surface area (Å²) >= 11 is 1.39. The molecule has 0 spiro atoms. The van der Waals surface area contributed by atoms with E-state index in [0.717, 1.165) is 4.88 Å². The maximum absolute atomic E-state index is 11.5. The highest BCUT2D eigenvalue weighted by Crippen LogP contribution is 2.31. The van der Waals surface area contributed by atoms with Crippen molar-refractivity contribution in [2.75, 3.05) is 4.90 Å². The minimum atomic E-state index is -1.05. The molecule has 0 saturated carbocycles. The Morgan fingerprint density at radius 2 is 1.95 bits per heavy atom. The Hall–Kier alpha value is -2.14. The maximum Gasteiger partial charge on any atom is 0.331 e. The molecule has 0 bridgehead atoms. The van der Waals surface area contributed by atoms with E-state index < -0.39 is 12.0 Å². The monoisotopic (exact) mass is 275 g/mol. The average Bonchev–Trinajstić information content (AvgIpc) is 2.82. The fourth-order valence-corrected chi connectivity index (χ4v) is 2.71. The Bertz CT molecular complexity index is 579. The number of benzene rings is 1. The molecule has 19 heavy (non-hydrogen) atoms. The van der Waals surface area contributed by atoms with E-state index in [1.54, 1.807) is 30.3 Å². The van der Waals surface area contributed by atoms with Gasteiger partial charge in [-0.3, -0.25) is 9.69 Å². The summed E-state index contributed by atoms with van der Waals surface area (Å²) in [6.07, 6.45) is 0.567. The van der Waals surface area contributed by atoms with Gasteiger partial charge in [-0.1, -0.05) is 30.3 Å². The summed E-state index contributed by atoms with van der Waals surface area (Å²) in [5, 5.41) is 10.0. The van der Waals surface area contributed by atoms with Crippen molar-refractivity contribution in [2.45, 2.75) is 13.0 Å². The van der Waals surface area contributed by atoms with Crippen molar-refractivity contribution in [1.29, 1.82) is 0 Å². The summed E-state index contributed by atoms with van der Waals surface area (Å²) in [5.74, 6) is -1.05. The SMILES string of the molecule is Cc1ccc(N(C=O)C(C(=O)O)c2ccccc2)s1. The minimum absolute atomic E-state index is 0.567. The second-order valence-electron chi connectivity index (χ2n) is 4.05. The second kappa shape index (κ2) is 5.67. The normalized spacial score (nSPS) is 11.8. The molecule has 4 nitrogen and oxygen atoms in total. The molecule has 5 heteroatoms. The molecule has 2 aromatic rings. The molecular weight excluding hydrogens is 262 g/mol. The number of nitrogens with zero attached hydrogens (tertiary/aromatic N) is 1. The lowest BCUT2D eigenvalue weighted by molar-refractivity contribution is -0.139. The number of carboxylic acid groups (broad SMARTS) is 1. The van der Waals surface area contributed by atoms with Crippen molar-refractivity contribution < 1.29 is 14.7 Å². The van der Waals surface area contributed by atoms with Crippen LogP contribution in [0.1, 0.15) is 16.5 Å². The number of carbonyl (C=O) groups is 2. The first kappa shape index (κ1) is 13.3. The van der Waals surface area contributed by atoms with Gasteiger partial charge in [0, 0.05) is 4.88 Å². The number of thiophene rings is 1. The smallest absolute Gasteiger partial charge is 0.331 e. The van der Waals surface area contributed by atoms with Crippen LogP contribution in [0.15, 0.2) is 42.5 Å². The van der Waals surface area contributed by atoms with Crippen molar-refractivity contribution >= 4 is 28.7 Å². The number of carbonyl (C=O) groups excluding carboxylic acids is 1. The number of carboxylic acids is 1. The van der Waals surface area contributed by atoms with Gasteiger partial charge in [-0.15, -0.1) is 11.3 Å². The quantitative estimate of drug-likeness (QED) is 0.854. The number of aliphatic carboxylic acids is 1. The van der Waals surface area contributed by atoms with Gasteiger partial charge in [-0.2, -0.15) is 0 Å². The lowest BCUT2D eigenvalue weighted by atomic mass is 10.1. The lowest BCUT2D eigenvalue weighted by Gasteiger charge is -2.23. The third-order valence-electron chi connectivity index (χ3n) is 2.72. The Kier molecular flexibility index (Phi) is 3.97. The van der Waals surface area contributed by atoms with Crippen molar-refractivity contribution in [3.63, 3.8) is 0 Å². The van der Waals surface area contributed by atoms with Crippen molar-refractivity contribution in [1.82, 2.24) is 0 Å². The van der Waals surface area contributed by atoms with Gasteiger partial charge >= 0.3 is 5.97 Å². The Labute approximate surface area is 114 Å². The van der Waals surface area contributed by atoms with Gasteiger partial charge in [-0.25, -0.2) is 4.79 Å². The van der Waals surface area contributed by atoms with Gasteiger partial charge in [0.2, 0.25) is 6.41 Å². The molecule has 98 valence electrons. The van der Waals surface area contributed by atoms with E-state index in [0.29, 0.717) is 17.0 Å². The van der Waals surface area contributed by atoms with E-state index in [1.165, 1.54) is 16.2 Å². The Balaban J connectivity index is 2.43. The van der Waals surface area contributed by atoms with E-state index in [2.05, 4.69) is 0 Å². The van der Waals surface area contributed by atoms with Crippen LogP contribution in [-0.2, 0) is 9.59 Å². The zero-order chi connectivity index (χ0) is 13.8. The summed E-state index contributed by atoms with van der Waals surface area (Å²) in [7, 11) is 0. The molecule has 0 radical (unpaired) electrons. The molecule has 0 aliphatic carbocycles. The molecule has 1 aromatic carbocycles. The van der Waals surface area contributed by atoms with Crippen LogP contribution >= 0.6 is 11.3 Å². The fourth-order valence-electron chi connectivity index (χ4n) is 1.86. The molecule has 1 atom stereocenters. The summed E-state index contributed by atoms with van der Waals surface area (Å²) in [6.45, 7) is 1.91. The third kappa shape index (κ3) is 2.82. The number of amides is 1. The summed E-state index contributed by atoms with van der Waals surface area (Å²) in [4.78, 5) is 25.1. The molecule has 0 fully saturated rings. The zero-order valence-electron chi connectivity index (χ0n) is 10.3. The minimum Gasteiger partial charge on any atom is -0.479 e. The molecule has 0 aliphatic heterocycles. The first-order valence-electron chi connectivity index (χ1n) is 5.71. The highest BCUT2D eigenvalue weighted by atomic mass is 32.1. The molecule has 2 rings (SSSR count). The van der Waals surface area contributed by atoms with Gasteiger partial charge in [-0.05, 0) is 24.6 Å². The van der Waals surface area contributed by atoms with Crippen LogP contribution in [0.25, 0.3) is 0 Å². The molecule has 1 amide bonds. The molecule has 1 unspecified atom stereocenters. The van der Waals surface area contributed by atoms with Crippen molar-refractivity contribution in [3.05, 3.63) is 52.9 Å². The van der Waals surface area contributed by atoms with Crippen molar-refractivity contribution in [3.8, 4) is 0 Å². The van der Waals surface area contributed by atoms with Gasteiger partial charge in [0.05, 0.1) is 5.00 Å². The highest BCUT2D eigenvalue weighted by Gasteiger charge is 2.28. The van der Waals surface area contributed by atoms with Crippen LogP contribution in [0.4, 0.5) is 5.00 Å². The van der Waals surface area contributed by atoms with Crippen LogP contribution in [0.5, 0.6) is 0 Å². The lowest BCUT2D eigenvalue weighted by Crippen LogP contribution is -2.32. The molecule has 1 heterocycles. The molecule has 0 aliphatic rings. The zero-order valence-corrected chi connectivity index (χ0v) is 11.1. The number of hydrogen-bond acceptors (Lipinski definition) is 3. The molecule has 1 aromatic heterocycles. The second-order valence-corrected chi connectivity index (χ2v) is 5.31. The van der Waals surface area contributed by atoms with Gasteiger partial charge in [0.1, 0.15) is 0 Å². The molecular formula is C14H13NO3S. The van der Waals surface area contributed by atoms with E-state index in [4.69, 9.17) is 0 Å². The van der Waals surface area contributed by atoms with Gasteiger partial charge in [0.25, 0.3) is 0 Å².